The highest BCUT2D eigenvalue weighted by Gasteiger charge is 2.21. The summed E-state index contributed by atoms with van der Waals surface area (Å²) in [5, 5.41) is 5.48. The van der Waals surface area contributed by atoms with Crippen molar-refractivity contribution in [2.45, 2.75) is 6.92 Å². The first-order valence-electron chi connectivity index (χ1n) is 9.19. The van der Waals surface area contributed by atoms with Crippen molar-refractivity contribution in [3.63, 3.8) is 0 Å². The maximum atomic E-state index is 12.7. The maximum Gasteiger partial charge on any atom is 0.255 e. The molecular formula is C21H24N4O3. The van der Waals surface area contributed by atoms with E-state index < -0.39 is 0 Å². The van der Waals surface area contributed by atoms with Crippen LogP contribution in [-0.2, 0) is 4.79 Å². The quantitative estimate of drug-likeness (QED) is 0.853. The molecule has 7 heteroatoms. The van der Waals surface area contributed by atoms with Gasteiger partial charge >= 0.3 is 0 Å². The molecule has 0 unspecified atom stereocenters. The highest BCUT2D eigenvalue weighted by atomic mass is 16.2. The van der Waals surface area contributed by atoms with Crippen LogP contribution in [-0.4, -0.2) is 60.7 Å². The molecule has 1 fully saturated rings. The third kappa shape index (κ3) is 4.95. The molecule has 1 aliphatic rings. The van der Waals surface area contributed by atoms with Crippen LogP contribution in [0.5, 0.6) is 0 Å². The number of hydrogen-bond acceptors (Lipinski definition) is 4. The van der Waals surface area contributed by atoms with Gasteiger partial charge in [-0.05, 0) is 49.5 Å². The predicted molar refractivity (Wildman–Crippen MR) is 109 cm³/mol. The zero-order valence-electron chi connectivity index (χ0n) is 16.1. The van der Waals surface area contributed by atoms with Crippen molar-refractivity contribution in [1.82, 2.24) is 9.80 Å². The zero-order valence-corrected chi connectivity index (χ0v) is 16.1. The van der Waals surface area contributed by atoms with Crippen LogP contribution in [0.15, 0.2) is 48.5 Å². The Bertz CT molecular complexity index is 871. The number of piperazine rings is 1. The number of nitrogens with one attached hydrogen (secondary N) is 2. The summed E-state index contributed by atoms with van der Waals surface area (Å²) >= 11 is 0. The molecule has 28 heavy (non-hydrogen) atoms. The Morgan fingerprint density at radius 1 is 0.821 bits per heavy atom. The normalized spacial score (nSPS) is 14.4. The summed E-state index contributed by atoms with van der Waals surface area (Å²) in [6.07, 6.45) is 0. The van der Waals surface area contributed by atoms with Gasteiger partial charge in [-0.25, -0.2) is 0 Å². The second kappa shape index (κ2) is 8.67. The third-order valence-electron chi connectivity index (χ3n) is 4.63. The fourth-order valence-corrected chi connectivity index (χ4v) is 3.03. The highest BCUT2D eigenvalue weighted by molar-refractivity contribution is 6.06. The van der Waals surface area contributed by atoms with Crippen LogP contribution < -0.4 is 10.6 Å². The minimum Gasteiger partial charge on any atom is -0.336 e. The molecule has 0 atom stereocenters. The van der Waals surface area contributed by atoms with Gasteiger partial charge in [0.25, 0.3) is 11.8 Å². The molecule has 2 aromatic carbocycles. The molecule has 0 aliphatic carbocycles. The SMILES string of the molecule is CC(=O)Nc1ccc(NC(=O)c2cccc(C(=O)N3CCN(C)CC3)c2)cc1. The number of likely N-dealkylation sites (N-methyl/N-ethyl adjacent to an activating group) is 1. The Morgan fingerprint density at radius 3 is 2.00 bits per heavy atom. The van der Waals surface area contributed by atoms with E-state index in [4.69, 9.17) is 0 Å². The van der Waals surface area contributed by atoms with Crippen molar-refractivity contribution in [3.8, 4) is 0 Å². The van der Waals surface area contributed by atoms with Crippen molar-refractivity contribution < 1.29 is 14.4 Å². The van der Waals surface area contributed by atoms with Crippen molar-refractivity contribution in [2.24, 2.45) is 0 Å². The van der Waals surface area contributed by atoms with E-state index in [-0.39, 0.29) is 17.7 Å². The van der Waals surface area contributed by atoms with Gasteiger partial charge in [0.05, 0.1) is 0 Å². The molecular weight excluding hydrogens is 356 g/mol. The fraction of sp³-hybridized carbons (Fsp3) is 0.286. The standard InChI is InChI=1S/C21H24N4O3/c1-15(26)22-18-6-8-19(9-7-18)23-20(27)16-4-3-5-17(14-16)21(28)25-12-10-24(2)11-13-25/h3-9,14H,10-13H2,1-2H3,(H,22,26)(H,23,27). The van der Waals surface area contributed by atoms with Gasteiger partial charge in [0.15, 0.2) is 0 Å². The number of carbonyl (C=O) groups excluding carboxylic acids is 3. The zero-order chi connectivity index (χ0) is 20.1. The van der Waals surface area contributed by atoms with Gasteiger partial charge in [0.1, 0.15) is 0 Å². The second-order valence-electron chi connectivity index (χ2n) is 6.89. The van der Waals surface area contributed by atoms with E-state index in [0.29, 0.717) is 35.6 Å². The van der Waals surface area contributed by atoms with Crippen LogP contribution in [0.1, 0.15) is 27.6 Å². The summed E-state index contributed by atoms with van der Waals surface area (Å²) in [6, 6.07) is 13.6. The molecule has 1 aliphatic heterocycles. The second-order valence-corrected chi connectivity index (χ2v) is 6.89. The number of amides is 3. The lowest BCUT2D eigenvalue weighted by Gasteiger charge is -2.32. The average Bonchev–Trinajstić information content (AvgIpc) is 2.69. The maximum absolute atomic E-state index is 12.7. The van der Waals surface area contributed by atoms with E-state index in [1.165, 1.54) is 6.92 Å². The molecule has 0 spiro atoms. The summed E-state index contributed by atoms with van der Waals surface area (Å²) < 4.78 is 0. The largest absolute Gasteiger partial charge is 0.336 e. The number of carbonyl (C=O) groups is 3. The fourth-order valence-electron chi connectivity index (χ4n) is 3.03. The van der Waals surface area contributed by atoms with Crippen molar-refractivity contribution in [3.05, 3.63) is 59.7 Å². The van der Waals surface area contributed by atoms with Crippen LogP contribution in [0.4, 0.5) is 11.4 Å². The lowest BCUT2D eigenvalue weighted by molar-refractivity contribution is -0.114. The van der Waals surface area contributed by atoms with Crippen LogP contribution in [0.3, 0.4) is 0 Å². The first kappa shape index (κ1) is 19.6. The summed E-state index contributed by atoms with van der Waals surface area (Å²) in [5.41, 5.74) is 2.20. The van der Waals surface area contributed by atoms with Gasteiger partial charge in [0, 0.05) is 55.6 Å². The van der Waals surface area contributed by atoms with Gasteiger partial charge in [-0.2, -0.15) is 0 Å². The van der Waals surface area contributed by atoms with Gasteiger partial charge in [-0.3, -0.25) is 14.4 Å². The smallest absolute Gasteiger partial charge is 0.255 e. The predicted octanol–water partition coefficient (Wildman–Crippen LogP) is 2.28. The Labute approximate surface area is 164 Å². The molecule has 0 saturated carbocycles. The number of nitrogens with zero attached hydrogens (tertiary/aromatic N) is 2. The number of rotatable bonds is 4. The molecule has 2 aromatic rings. The minimum atomic E-state index is -0.291. The van der Waals surface area contributed by atoms with Gasteiger partial charge in [-0.1, -0.05) is 6.07 Å². The molecule has 7 nitrogen and oxygen atoms in total. The van der Waals surface area contributed by atoms with Crippen LogP contribution in [0.2, 0.25) is 0 Å². The Morgan fingerprint density at radius 2 is 1.39 bits per heavy atom. The Hall–Kier alpha value is -3.19. The summed E-state index contributed by atoms with van der Waals surface area (Å²) in [4.78, 5) is 40.3. The number of hydrogen-bond donors (Lipinski definition) is 2. The Balaban J connectivity index is 1.66. The van der Waals surface area contributed by atoms with Gasteiger partial charge in [0.2, 0.25) is 5.91 Å². The molecule has 146 valence electrons. The average molecular weight is 380 g/mol. The summed E-state index contributed by atoms with van der Waals surface area (Å²) in [5.74, 6) is -0.499. The van der Waals surface area contributed by atoms with Crippen LogP contribution in [0, 0.1) is 0 Å². The Kier molecular flexibility index (Phi) is 6.06. The van der Waals surface area contributed by atoms with Crippen molar-refractivity contribution in [2.75, 3.05) is 43.9 Å². The number of anilines is 2. The van der Waals surface area contributed by atoms with E-state index in [1.54, 1.807) is 48.5 Å². The van der Waals surface area contributed by atoms with E-state index in [1.807, 2.05) is 11.9 Å². The minimum absolute atomic E-state index is 0.0533. The van der Waals surface area contributed by atoms with Gasteiger partial charge < -0.3 is 20.4 Å². The first-order valence-corrected chi connectivity index (χ1v) is 9.19. The van der Waals surface area contributed by atoms with Crippen molar-refractivity contribution >= 4 is 29.1 Å². The van der Waals surface area contributed by atoms with E-state index >= 15 is 0 Å². The third-order valence-corrected chi connectivity index (χ3v) is 4.63. The van der Waals surface area contributed by atoms with E-state index in [0.717, 1.165) is 13.1 Å². The van der Waals surface area contributed by atoms with Crippen LogP contribution in [0.25, 0.3) is 0 Å². The molecule has 3 amide bonds. The van der Waals surface area contributed by atoms with E-state index in [2.05, 4.69) is 15.5 Å². The topological polar surface area (TPSA) is 81.8 Å². The molecule has 0 bridgehead atoms. The highest BCUT2D eigenvalue weighted by Crippen LogP contribution is 2.16. The molecule has 1 heterocycles. The monoisotopic (exact) mass is 380 g/mol. The lowest BCUT2D eigenvalue weighted by Crippen LogP contribution is -2.47. The van der Waals surface area contributed by atoms with Crippen LogP contribution >= 0.6 is 0 Å². The van der Waals surface area contributed by atoms with E-state index in [9.17, 15) is 14.4 Å². The first-order chi connectivity index (χ1) is 13.4. The van der Waals surface area contributed by atoms with Gasteiger partial charge in [-0.15, -0.1) is 0 Å². The number of benzene rings is 2. The molecule has 0 radical (unpaired) electrons. The molecule has 1 saturated heterocycles. The summed E-state index contributed by atoms with van der Waals surface area (Å²) in [6.45, 7) is 4.51. The molecule has 2 N–H and O–H groups in total. The lowest BCUT2D eigenvalue weighted by atomic mass is 10.1. The molecule has 3 rings (SSSR count). The summed E-state index contributed by atoms with van der Waals surface area (Å²) in [7, 11) is 2.04. The molecule has 0 aromatic heterocycles. The van der Waals surface area contributed by atoms with Crippen molar-refractivity contribution in [1.29, 1.82) is 0 Å².